The standard InChI is InChI=1S/C10H12ClNO2/c1-12(10(13)14-2)9-6-4-3-5-8(9)7-11/h3-6H,7H2,1-2H3. The zero-order valence-electron chi connectivity index (χ0n) is 8.16. The molecule has 0 aromatic heterocycles. The minimum atomic E-state index is -0.400. The van der Waals surface area contributed by atoms with Gasteiger partial charge < -0.3 is 4.74 Å². The van der Waals surface area contributed by atoms with Crippen LogP contribution < -0.4 is 4.90 Å². The fourth-order valence-corrected chi connectivity index (χ4v) is 1.41. The highest BCUT2D eigenvalue weighted by molar-refractivity contribution is 6.17. The number of ether oxygens (including phenoxy) is 1. The predicted octanol–water partition coefficient (Wildman–Crippen LogP) is 2.63. The molecule has 0 aliphatic carbocycles. The number of hydrogen-bond donors (Lipinski definition) is 0. The Morgan fingerprint density at radius 2 is 2.14 bits per heavy atom. The molecule has 14 heavy (non-hydrogen) atoms. The van der Waals surface area contributed by atoms with Gasteiger partial charge in [0, 0.05) is 12.9 Å². The zero-order valence-corrected chi connectivity index (χ0v) is 8.91. The Morgan fingerprint density at radius 3 is 2.71 bits per heavy atom. The van der Waals surface area contributed by atoms with E-state index in [1.54, 1.807) is 7.05 Å². The lowest BCUT2D eigenvalue weighted by Crippen LogP contribution is -2.26. The van der Waals surface area contributed by atoms with Gasteiger partial charge in [-0.3, -0.25) is 4.90 Å². The maximum Gasteiger partial charge on any atom is 0.413 e. The molecule has 0 heterocycles. The Bertz CT molecular complexity index is 328. The summed E-state index contributed by atoms with van der Waals surface area (Å²) in [5, 5.41) is 0. The van der Waals surface area contributed by atoms with Crippen LogP contribution in [0.15, 0.2) is 24.3 Å². The number of carbonyl (C=O) groups is 1. The molecule has 0 aliphatic heterocycles. The van der Waals surface area contributed by atoms with Crippen LogP contribution >= 0.6 is 11.6 Å². The summed E-state index contributed by atoms with van der Waals surface area (Å²) >= 11 is 5.75. The molecule has 0 N–H and O–H groups in total. The number of methoxy groups -OCH3 is 1. The van der Waals surface area contributed by atoms with Gasteiger partial charge in [0.2, 0.25) is 0 Å². The monoisotopic (exact) mass is 213 g/mol. The van der Waals surface area contributed by atoms with Crippen LogP contribution in [-0.4, -0.2) is 20.3 Å². The van der Waals surface area contributed by atoms with Crippen molar-refractivity contribution in [1.82, 2.24) is 0 Å². The molecule has 0 atom stereocenters. The third kappa shape index (κ3) is 2.17. The number of hydrogen-bond acceptors (Lipinski definition) is 2. The zero-order chi connectivity index (χ0) is 10.6. The molecule has 0 spiro atoms. The van der Waals surface area contributed by atoms with E-state index in [1.165, 1.54) is 12.0 Å². The summed E-state index contributed by atoms with van der Waals surface area (Å²) in [6.45, 7) is 0. The number of para-hydroxylation sites is 1. The van der Waals surface area contributed by atoms with Crippen LogP contribution in [0.1, 0.15) is 5.56 Å². The Balaban J connectivity index is 2.99. The fraction of sp³-hybridized carbons (Fsp3) is 0.300. The van der Waals surface area contributed by atoms with Gasteiger partial charge in [-0.1, -0.05) is 18.2 Å². The molecule has 0 saturated carbocycles. The van der Waals surface area contributed by atoms with Gasteiger partial charge in [0.1, 0.15) is 0 Å². The van der Waals surface area contributed by atoms with E-state index in [4.69, 9.17) is 11.6 Å². The molecule has 0 saturated heterocycles. The molecular formula is C10H12ClNO2. The van der Waals surface area contributed by atoms with Crippen molar-refractivity contribution in [3.63, 3.8) is 0 Å². The molecule has 0 radical (unpaired) electrons. The summed E-state index contributed by atoms with van der Waals surface area (Å²) in [6.07, 6.45) is -0.400. The average Bonchev–Trinajstić information content (AvgIpc) is 2.26. The number of benzene rings is 1. The summed E-state index contributed by atoms with van der Waals surface area (Å²) in [5.74, 6) is 0.373. The highest BCUT2D eigenvalue weighted by Gasteiger charge is 2.13. The summed E-state index contributed by atoms with van der Waals surface area (Å²) in [7, 11) is 3.00. The lowest BCUT2D eigenvalue weighted by Gasteiger charge is -2.18. The van der Waals surface area contributed by atoms with Crippen molar-refractivity contribution in [3.05, 3.63) is 29.8 Å². The van der Waals surface area contributed by atoms with E-state index in [0.717, 1.165) is 11.3 Å². The summed E-state index contributed by atoms with van der Waals surface area (Å²) in [4.78, 5) is 12.7. The van der Waals surface area contributed by atoms with E-state index >= 15 is 0 Å². The second kappa shape index (κ2) is 4.86. The van der Waals surface area contributed by atoms with Crippen molar-refractivity contribution in [2.45, 2.75) is 5.88 Å². The third-order valence-electron chi connectivity index (χ3n) is 1.95. The second-order valence-electron chi connectivity index (χ2n) is 2.79. The van der Waals surface area contributed by atoms with Gasteiger partial charge in [0.05, 0.1) is 12.8 Å². The lowest BCUT2D eigenvalue weighted by molar-refractivity contribution is 0.180. The molecule has 76 valence electrons. The van der Waals surface area contributed by atoms with Crippen LogP contribution in [0, 0.1) is 0 Å². The van der Waals surface area contributed by atoms with Crippen molar-refractivity contribution in [3.8, 4) is 0 Å². The molecule has 0 fully saturated rings. The summed E-state index contributed by atoms with van der Waals surface area (Å²) < 4.78 is 4.61. The summed E-state index contributed by atoms with van der Waals surface area (Å²) in [5.41, 5.74) is 1.68. The van der Waals surface area contributed by atoms with E-state index in [1.807, 2.05) is 24.3 Å². The van der Waals surface area contributed by atoms with Crippen LogP contribution in [-0.2, 0) is 10.6 Å². The number of halogens is 1. The molecule has 1 aromatic rings. The van der Waals surface area contributed by atoms with Crippen LogP contribution in [0.4, 0.5) is 10.5 Å². The highest BCUT2D eigenvalue weighted by atomic mass is 35.5. The molecule has 0 aliphatic rings. The van der Waals surface area contributed by atoms with Crippen molar-refractivity contribution in [1.29, 1.82) is 0 Å². The maximum atomic E-state index is 11.2. The number of nitrogens with zero attached hydrogens (tertiary/aromatic N) is 1. The average molecular weight is 214 g/mol. The van der Waals surface area contributed by atoms with Crippen LogP contribution in [0.2, 0.25) is 0 Å². The first kappa shape index (κ1) is 10.9. The molecule has 1 aromatic carbocycles. The highest BCUT2D eigenvalue weighted by Crippen LogP contribution is 2.21. The fourth-order valence-electron chi connectivity index (χ4n) is 1.19. The second-order valence-corrected chi connectivity index (χ2v) is 3.06. The van der Waals surface area contributed by atoms with Crippen molar-refractivity contribution in [2.24, 2.45) is 0 Å². The van der Waals surface area contributed by atoms with Crippen LogP contribution in [0.25, 0.3) is 0 Å². The minimum Gasteiger partial charge on any atom is -0.452 e. The molecular weight excluding hydrogens is 202 g/mol. The first-order chi connectivity index (χ1) is 6.70. The summed E-state index contributed by atoms with van der Waals surface area (Å²) in [6, 6.07) is 7.44. The van der Waals surface area contributed by atoms with E-state index in [0.29, 0.717) is 5.88 Å². The number of amides is 1. The van der Waals surface area contributed by atoms with E-state index in [9.17, 15) is 4.79 Å². The van der Waals surface area contributed by atoms with Gasteiger partial charge in [0.25, 0.3) is 0 Å². The molecule has 0 unspecified atom stereocenters. The number of carbonyl (C=O) groups excluding carboxylic acids is 1. The first-order valence-corrected chi connectivity index (χ1v) is 4.69. The van der Waals surface area contributed by atoms with Gasteiger partial charge >= 0.3 is 6.09 Å². The predicted molar refractivity (Wildman–Crippen MR) is 56.8 cm³/mol. The lowest BCUT2D eigenvalue weighted by atomic mass is 10.2. The first-order valence-electron chi connectivity index (χ1n) is 4.16. The van der Waals surface area contributed by atoms with Gasteiger partial charge in [-0.25, -0.2) is 4.79 Å². The van der Waals surface area contributed by atoms with Gasteiger partial charge in [-0.15, -0.1) is 11.6 Å². The van der Waals surface area contributed by atoms with Crippen molar-refractivity contribution in [2.75, 3.05) is 19.1 Å². The Hall–Kier alpha value is -1.22. The minimum absolute atomic E-state index is 0.373. The molecule has 1 rings (SSSR count). The number of anilines is 1. The smallest absolute Gasteiger partial charge is 0.413 e. The topological polar surface area (TPSA) is 29.5 Å². The number of rotatable bonds is 2. The Labute approximate surface area is 88.2 Å². The van der Waals surface area contributed by atoms with Crippen LogP contribution in [0.3, 0.4) is 0 Å². The van der Waals surface area contributed by atoms with E-state index < -0.39 is 6.09 Å². The van der Waals surface area contributed by atoms with Crippen molar-refractivity contribution >= 4 is 23.4 Å². The quantitative estimate of drug-likeness (QED) is 0.707. The molecule has 3 nitrogen and oxygen atoms in total. The molecule has 0 bridgehead atoms. The van der Waals surface area contributed by atoms with Gasteiger partial charge in [0.15, 0.2) is 0 Å². The maximum absolute atomic E-state index is 11.2. The van der Waals surface area contributed by atoms with E-state index in [2.05, 4.69) is 4.74 Å². The normalized spacial score (nSPS) is 9.64. The van der Waals surface area contributed by atoms with Gasteiger partial charge in [-0.05, 0) is 11.6 Å². The van der Waals surface area contributed by atoms with E-state index in [-0.39, 0.29) is 0 Å². The van der Waals surface area contributed by atoms with Crippen molar-refractivity contribution < 1.29 is 9.53 Å². The van der Waals surface area contributed by atoms with Gasteiger partial charge in [-0.2, -0.15) is 0 Å². The Kier molecular flexibility index (Phi) is 3.77. The molecule has 1 amide bonds. The van der Waals surface area contributed by atoms with Crippen LogP contribution in [0.5, 0.6) is 0 Å². The largest absolute Gasteiger partial charge is 0.452 e. The molecule has 4 heteroatoms. The number of alkyl halides is 1. The SMILES string of the molecule is COC(=O)N(C)c1ccccc1CCl. The third-order valence-corrected chi connectivity index (χ3v) is 2.23. The Morgan fingerprint density at radius 1 is 1.50 bits per heavy atom.